The lowest BCUT2D eigenvalue weighted by Gasteiger charge is -2.19. The summed E-state index contributed by atoms with van der Waals surface area (Å²) in [4.78, 5) is 0. The van der Waals surface area contributed by atoms with Crippen molar-refractivity contribution < 1.29 is 0 Å². The van der Waals surface area contributed by atoms with E-state index >= 15 is 0 Å². The molecule has 0 amide bonds. The molecule has 1 aliphatic carbocycles. The molecule has 1 saturated carbocycles. The minimum Gasteiger partial charge on any atom is -0.381 e. The van der Waals surface area contributed by atoms with E-state index in [-0.39, 0.29) is 0 Å². The highest BCUT2D eigenvalue weighted by Gasteiger charge is 2.23. The third-order valence-electron chi connectivity index (χ3n) is 3.50. The lowest BCUT2D eigenvalue weighted by molar-refractivity contribution is 0.556. The number of nitriles is 1. The third kappa shape index (κ3) is 2.19. The highest BCUT2D eigenvalue weighted by molar-refractivity contribution is 5.59. The van der Waals surface area contributed by atoms with Crippen molar-refractivity contribution in [3.05, 3.63) is 29.3 Å². The molecular formula is C14H18N2. The van der Waals surface area contributed by atoms with Gasteiger partial charge in [0.15, 0.2) is 0 Å². The van der Waals surface area contributed by atoms with Crippen LogP contribution in [0.15, 0.2) is 18.2 Å². The number of benzene rings is 1. The van der Waals surface area contributed by atoms with Gasteiger partial charge in [-0.2, -0.15) is 5.26 Å². The molecule has 1 N–H and O–H groups in total. The van der Waals surface area contributed by atoms with Crippen molar-refractivity contribution in [1.29, 1.82) is 5.26 Å². The average Bonchev–Trinajstić information content (AvgIpc) is 2.67. The highest BCUT2D eigenvalue weighted by Crippen LogP contribution is 2.29. The van der Waals surface area contributed by atoms with Crippen molar-refractivity contribution in [2.45, 2.75) is 39.2 Å². The van der Waals surface area contributed by atoms with Crippen LogP contribution in [0.4, 0.5) is 5.69 Å². The van der Waals surface area contributed by atoms with E-state index in [9.17, 15) is 0 Å². The van der Waals surface area contributed by atoms with Gasteiger partial charge in [-0.15, -0.1) is 0 Å². The van der Waals surface area contributed by atoms with Gasteiger partial charge < -0.3 is 5.32 Å². The Bertz CT molecular complexity index is 417. The molecule has 0 radical (unpaired) electrons. The van der Waals surface area contributed by atoms with Crippen molar-refractivity contribution >= 4 is 5.69 Å². The first-order valence-electron chi connectivity index (χ1n) is 5.98. The summed E-state index contributed by atoms with van der Waals surface area (Å²) in [7, 11) is 0. The standard InChI is InChI=1S/C14H18N2/c1-10-6-7-14(12(8-10)9-15)16-13-5-3-4-11(13)2/h6-8,11,13,16H,3-5H2,1-2H3. The van der Waals surface area contributed by atoms with Crippen LogP contribution >= 0.6 is 0 Å². The Balaban J connectivity index is 2.18. The molecule has 2 unspecified atom stereocenters. The van der Waals surface area contributed by atoms with Gasteiger partial charge in [-0.05, 0) is 43.4 Å². The summed E-state index contributed by atoms with van der Waals surface area (Å²) < 4.78 is 0. The second-order valence-corrected chi connectivity index (χ2v) is 4.82. The summed E-state index contributed by atoms with van der Waals surface area (Å²) in [5.41, 5.74) is 2.90. The van der Waals surface area contributed by atoms with E-state index in [0.29, 0.717) is 12.0 Å². The van der Waals surface area contributed by atoms with Crippen LogP contribution in [-0.4, -0.2) is 6.04 Å². The topological polar surface area (TPSA) is 35.8 Å². The average molecular weight is 214 g/mol. The predicted molar refractivity (Wildman–Crippen MR) is 66.3 cm³/mol. The van der Waals surface area contributed by atoms with Gasteiger partial charge in [0.25, 0.3) is 0 Å². The van der Waals surface area contributed by atoms with Crippen molar-refractivity contribution in [3.8, 4) is 6.07 Å². The van der Waals surface area contributed by atoms with Crippen LogP contribution in [-0.2, 0) is 0 Å². The minimum atomic E-state index is 0.537. The lowest BCUT2D eigenvalue weighted by atomic mass is 10.0. The smallest absolute Gasteiger partial charge is 0.101 e. The molecule has 0 saturated heterocycles. The normalized spacial score (nSPS) is 24.1. The first kappa shape index (κ1) is 11.0. The molecule has 84 valence electrons. The Morgan fingerprint density at radius 1 is 1.38 bits per heavy atom. The summed E-state index contributed by atoms with van der Waals surface area (Å²) in [5.74, 6) is 0.716. The molecule has 1 aliphatic rings. The Morgan fingerprint density at radius 2 is 2.19 bits per heavy atom. The van der Waals surface area contributed by atoms with Gasteiger partial charge in [-0.3, -0.25) is 0 Å². The molecule has 1 aromatic carbocycles. The van der Waals surface area contributed by atoms with E-state index in [1.165, 1.54) is 19.3 Å². The van der Waals surface area contributed by atoms with E-state index in [4.69, 9.17) is 5.26 Å². The summed E-state index contributed by atoms with van der Waals surface area (Å²) in [5, 5.41) is 12.6. The molecule has 1 fully saturated rings. The van der Waals surface area contributed by atoms with E-state index in [2.05, 4.69) is 24.4 Å². The van der Waals surface area contributed by atoms with Crippen LogP contribution in [0, 0.1) is 24.2 Å². The molecule has 2 nitrogen and oxygen atoms in total. The van der Waals surface area contributed by atoms with Gasteiger partial charge in [-0.25, -0.2) is 0 Å². The molecule has 1 aromatic rings. The first-order valence-corrected chi connectivity index (χ1v) is 5.98. The van der Waals surface area contributed by atoms with Gasteiger partial charge in [0.1, 0.15) is 6.07 Å². The Labute approximate surface area is 97.3 Å². The number of nitrogens with one attached hydrogen (secondary N) is 1. The van der Waals surface area contributed by atoms with E-state index in [1.54, 1.807) is 0 Å². The molecule has 0 aliphatic heterocycles. The van der Waals surface area contributed by atoms with Gasteiger partial charge in [0, 0.05) is 6.04 Å². The zero-order chi connectivity index (χ0) is 11.5. The van der Waals surface area contributed by atoms with Gasteiger partial charge >= 0.3 is 0 Å². The fourth-order valence-electron chi connectivity index (χ4n) is 2.44. The molecule has 0 heterocycles. The molecule has 2 rings (SSSR count). The van der Waals surface area contributed by atoms with Crippen molar-refractivity contribution in [2.24, 2.45) is 5.92 Å². The zero-order valence-electron chi connectivity index (χ0n) is 9.96. The number of anilines is 1. The van der Waals surface area contributed by atoms with Crippen LogP contribution in [0.2, 0.25) is 0 Å². The fraction of sp³-hybridized carbons (Fsp3) is 0.500. The van der Waals surface area contributed by atoms with E-state index in [0.717, 1.165) is 16.8 Å². The summed E-state index contributed by atoms with van der Waals surface area (Å²) in [6.07, 6.45) is 3.82. The summed E-state index contributed by atoms with van der Waals surface area (Å²) in [6.45, 7) is 4.30. The van der Waals surface area contributed by atoms with Crippen LogP contribution in [0.1, 0.15) is 37.3 Å². The second-order valence-electron chi connectivity index (χ2n) is 4.82. The highest BCUT2D eigenvalue weighted by atomic mass is 14.9. The first-order chi connectivity index (χ1) is 7.70. The number of rotatable bonds is 2. The Hall–Kier alpha value is -1.49. The fourth-order valence-corrected chi connectivity index (χ4v) is 2.44. The maximum Gasteiger partial charge on any atom is 0.101 e. The van der Waals surface area contributed by atoms with Crippen LogP contribution in [0.3, 0.4) is 0 Å². The van der Waals surface area contributed by atoms with Gasteiger partial charge in [-0.1, -0.05) is 19.4 Å². The molecule has 2 heteroatoms. The maximum absolute atomic E-state index is 9.09. The maximum atomic E-state index is 9.09. The molecule has 0 bridgehead atoms. The number of aryl methyl sites for hydroxylation is 1. The van der Waals surface area contributed by atoms with Crippen molar-refractivity contribution in [1.82, 2.24) is 0 Å². The largest absolute Gasteiger partial charge is 0.381 e. The van der Waals surface area contributed by atoms with Crippen LogP contribution < -0.4 is 5.32 Å². The molecule has 2 atom stereocenters. The minimum absolute atomic E-state index is 0.537. The Kier molecular flexibility index (Phi) is 3.14. The number of hydrogen-bond acceptors (Lipinski definition) is 2. The predicted octanol–water partition coefficient (Wildman–Crippen LogP) is 3.47. The molecule has 16 heavy (non-hydrogen) atoms. The van der Waals surface area contributed by atoms with Crippen LogP contribution in [0.25, 0.3) is 0 Å². The van der Waals surface area contributed by atoms with Gasteiger partial charge in [0.2, 0.25) is 0 Å². The van der Waals surface area contributed by atoms with E-state index < -0.39 is 0 Å². The number of hydrogen-bond donors (Lipinski definition) is 1. The molecular weight excluding hydrogens is 196 g/mol. The van der Waals surface area contributed by atoms with Crippen molar-refractivity contribution in [2.75, 3.05) is 5.32 Å². The van der Waals surface area contributed by atoms with Crippen LogP contribution in [0.5, 0.6) is 0 Å². The van der Waals surface area contributed by atoms with E-state index in [1.807, 2.05) is 19.1 Å². The molecule has 0 spiro atoms. The number of nitrogens with zero attached hydrogens (tertiary/aromatic N) is 1. The molecule has 0 aromatic heterocycles. The SMILES string of the molecule is Cc1ccc(NC2CCCC2C)c(C#N)c1. The monoisotopic (exact) mass is 214 g/mol. The summed E-state index contributed by atoms with van der Waals surface area (Å²) in [6, 6.07) is 8.83. The van der Waals surface area contributed by atoms with Crippen molar-refractivity contribution in [3.63, 3.8) is 0 Å². The zero-order valence-corrected chi connectivity index (χ0v) is 9.96. The third-order valence-corrected chi connectivity index (χ3v) is 3.50. The van der Waals surface area contributed by atoms with Gasteiger partial charge in [0.05, 0.1) is 11.3 Å². The lowest BCUT2D eigenvalue weighted by Crippen LogP contribution is -2.22. The summed E-state index contributed by atoms with van der Waals surface area (Å²) >= 11 is 0. The second kappa shape index (κ2) is 4.57. The Morgan fingerprint density at radius 3 is 2.81 bits per heavy atom. The quantitative estimate of drug-likeness (QED) is 0.818.